The summed E-state index contributed by atoms with van der Waals surface area (Å²) >= 11 is 7.12. The van der Waals surface area contributed by atoms with Gasteiger partial charge in [0, 0.05) is 16.7 Å². The molecule has 8 heteroatoms. The maximum atomic E-state index is 12.3. The van der Waals surface area contributed by atoms with E-state index in [1.54, 1.807) is 63.8 Å². The van der Waals surface area contributed by atoms with Gasteiger partial charge in [0.1, 0.15) is 5.75 Å². The first-order valence-electron chi connectivity index (χ1n) is 7.89. The van der Waals surface area contributed by atoms with Crippen LogP contribution in [-0.4, -0.2) is 32.4 Å². The Hall–Kier alpha value is -2.64. The Morgan fingerprint density at radius 3 is 2.26 bits per heavy atom. The van der Waals surface area contributed by atoms with Crippen LogP contribution in [0.2, 0.25) is 5.02 Å². The Balaban J connectivity index is 1.91. The fourth-order valence-electron chi connectivity index (χ4n) is 2.42. The summed E-state index contributed by atoms with van der Waals surface area (Å²) in [6.07, 6.45) is 1.73. The van der Waals surface area contributed by atoms with Gasteiger partial charge in [0.15, 0.2) is 16.7 Å². The highest BCUT2D eigenvalue weighted by Crippen LogP contribution is 2.37. The monoisotopic (exact) mass is 404 g/mol. The zero-order valence-electron chi connectivity index (χ0n) is 14.9. The second-order valence-electron chi connectivity index (χ2n) is 5.41. The van der Waals surface area contributed by atoms with E-state index in [-0.39, 0.29) is 5.91 Å². The van der Waals surface area contributed by atoms with Crippen LogP contribution >= 0.6 is 23.4 Å². The number of hydrogen-bond acceptors (Lipinski definition) is 6. The first-order valence-corrected chi connectivity index (χ1v) is 9.08. The fraction of sp³-hybridized carbons (Fsp3) is 0.158. The predicted molar refractivity (Wildman–Crippen MR) is 108 cm³/mol. The molecule has 27 heavy (non-hydrogen) atoms. The van der Waals surface area contributed by atoms with Crippen molar-refractivity contribution in [2.24, 2.45) is 4.99 Å². The number of methoxy groups -OCH3 is 3. The Morgan fingerprint density at radius 1 is 1.00 bits per heavy atom. The molecule has 140 valence electrons. The normalized spacial score (nSPS) is 16.5. The number of carbonyl (C=O) groups is 1. The summed E-state index contributed by atoms with van der Waals surface area (Å²) in [7, 11) is 4.66. The highest BCUT2D eigenvalue weighted by atomic mass is 35.5. The highest BCUT2D eigenvalue weighted by molar-refractivity contribution is 8.18. The first-order chi connectivity index (χ1) is 13.0. The molecular weight excluding hydrogens is 388 g/mol. The molecule has 1 saturated heterocycles. The molecule has 1 aliphatic rings. The van der Waals surface area contributed by atoms with Gasteiger partial charge in [-0.3, -0.25) is 4.79 Å². The minimum Gasteiger partial charge on any atom is -0.496 e. The molecule has 3 rings (SSSR count). The molecule has 0 radical (unpaired) electrons. The van der Waals surface area contributed by atoms with E-state index in [1.807, 2.05) is 0 Å². The number of thioether (sulfide) groups is 1. The van der Waals surface area contributed by atoms with Crippen molar-refractivity contribution < 1.29 is 19.0 Å². The SMILES string of the molecule is COc1cc(OC)c(OC)cc1C=C1SC(=Nc2ccc(Cl)cc2)NC1=O. The van der Waals surface area contributed by atoms with E-state index in [1.165, 1.54) is 11.8 Å². The average Bonchev–Trinajstić information content (AvgIpc) is 3.02. The molecule has 0 atom stereocenters. The van der Waals surface area contributed by atoms with Crippen LogP contribution < -0.4 is 19.5 Å². The van der Waals surface area contributed by atoms with Gasteiger partial charge in [0.25, 0.3) is 5.91 Å². The number of amides is 1. The second-order valence-corrected chi connectivity index (χ2v) is 6.87. The summed E-state index contributed by atoms with van der Waals surface area (Å²) in [5.41, 5.74) is 1.40. The predicted octanol–water partition coefficient (Wildman–Crippen LogP) is 4.26. The van der Waals surface area contributed by atoms with Gasteiger partial charge in [-0.2, -0.15) is 0 Å². The standard InChI is InChI=1S/C19H17ClN2O4S/c1-24-14-10-16(26-3)15(25-2)8-11(14)9-17-18(23)22-19(27-17)21-13-6-4-12(20)5-7-13/h4-10H,1-3H3,(H,21,22,23). The summed E-state index contributed by atoms with van der Waals surface area (Å²) in [5.74, 6) is 1.43. The first kappa shape index (κ1) is 19.1. The van der Waals surface area contributed by atoms with E-state index < -0.39 is 0 Å². The maximum absolute atomic E-state index is 12.3. The average molecular weight is 405 g/mol. The number of benzene rings is 2. The van der Waals surface area contributed by atoms with Gasteiger partial charge in [-0.1, -0.05) is 11.6 Å². The number of rotatable bonds is 5. The maximum Gasteiger partial charge on any atom is 0.264 e. The van der Waals surface area contributed by atoms with E-state index in [0.717, 1.165) is 0 Å². The molecule has 6 nitrogen and oxygen atoms in total. The summed E-state index contributed by atoms with van der Waals surface area (Å²) in [5, 5.41) is 3.87. The van der Waals surface area contributed by atoms with Crippen molar-refractivity contribution in [3.05, 3.63) is 51.9 Å². The third-order valence-corrected chi connectivity index (χ3v) is 4.89. The molecule has 0 saturated carbocycles. The van der Waals surface area contributed by atoms with Crippen LogP contribution in [0, 0.1) is 0 Å². The van der Waals surface area contributed by atoms with Gasteiger partial charge in [-0.15, -0.1) is 0 Å². The molecule has 1 N–H and O–H groups in total. The molecule has 1 heterocycles. The van der Waals surface area contributed by atoms with Gasteiger partial charge in [0.05, 0.1) is 31.9 Å². The van der Waals surface area contributed by atoms with Crippen molar-refractivity contribution in [3.63, 3.8) is 0 Å². The number of ether oxygens (including phenoxy) is 3. The summed E-state index contributed by atoms with van der Waals surface area (Å²) < 4.78 is 16.0. The molecule has 1 aliphatic heterocycles. The molecule has 2 aromatic carbocycles. The Morgan fingerprint density at radius 2 is 1.63 bits per heavy atom. The van der Waals surface area contributed by atoms with E-state index in [9.17, 15) is 4.79 Å². The highest BCUT2D eigenvalue weighted by Gasteiger charge is 2.24. The van der Waals surface area contributed by atoms with E-state index in [4.69, 9.17) is 25.8 Å². The molecule has 0 unspecified atom stereocenters. The smallest absolute Gasteiger partial charge is 0.264 e. The van der Waals surface area contributed by atoms with Gasteiger partial charge in [0.2, 0.25) is 0 Å². The van der Waals surface area contributed by atoms with Crippen molar-refractivity contribution in [2.45, 2.75) is 0 Å². The van der Waals surface area contributed by atoms with E-state index >= 15 is 0 Å². The van der Waals surface area contributed by atoms with Crippen molar-refractivity contribution in [2.75, 3.05) is 21.3 Å². The summed E-state index contributed by atoms with van der Waals surface area (Å²) in [4.78, 5) is 17.2. The van der Waals surface area contributed by atoms with E-state index in [2.05, 4.69) is 10.3 Å². The van der Waals surface area contributed by atoms with Crippen LogP contribution in [0.5, 0.6) is 17.2 Å². The Bertz CT molecular complexity index is 926. The molecule has 0 aliphatic carbocycles. The largest absolute Gasteiger partial charge is 0.496 e. The Kier molecular flexibility index (Phi) is 5.93. The number of amidine groups is 1. The zero-order chi connectivity index (χ0) is 19.4. The molecular formula is C19H17ClN2O4S. The number of aliphatic imine (C=N–C) groups is 1. The molecule has 1 fully saturated rings. The molecule has 0 spiro atoms. The lowest BCUT2D eigenvalue weighted by atomic mass is 10.1. The Labute approximate surface area is 166 Å². The van der Waals surface area contributed by atoms with Gasteiger partial charge in [-0.05, 0) is 48.2 Å². The third-order valence-electron chi connectivity index (χ3n) is 3.73. The topological polar surface area (TPSA) is 69.2 Å². The lowest BCUT2D eigenvalue weighted by Crippen LogP contribution is -2.19. The molecule has 1 amide bonds. The molecule has 0 bridgehead atoms. The van der Waals surface area contributed by atoms with Crippen LogP contribution in [0.3, 0.4) is 0 Å². The number of hydrogen-bond donors (Lipinski definition) is 1. The van der Waals surface area contributed by atoms with Crippen molar-refractivity contribution in [1.82, 2.24) is 5.32 Å². The second kappa shape index (κ2) is 8.37. The number of nitrogens with zero attached hydrogens (tertiary/aromatic N) is 1. The number of halogens is 1. The number of carbonyl (C=O) groups excluding carboxylic acids is 1. The van der Waals surface area contributed by atoms with Gasteiger partial charge >= 0.3 is 0 Å². The van der Waals surface area contributed by atoms with Crippen LogP contribution in [0.15, 0.2) is 46.3 Å². The van der Waals surface area contributed by atoms with Crippen molar-refractivity contribution in [3.8, 4) is 17.2 Å². The molecule has 2 aromatic rings. The zero-order valence-corrected chi connectivity index (χ0v) is 16.5. The number of nitrogens with one attached hydrogen (secondary N) is 1. The minimum atomic E-state index is -0.232. The third kappa shape index (κ3) is 4.37. The van der Waals surface area contributed by atoms with Gasteiger partial charge in [-0.25, -0.2) is 4.99 Å². The molecule has 0 aromatic heterocycles. The van der Waals surface area contributed by atoms with Crippen LogP contribution in [0.1, 0.15) is 5.56 Å². The lowest BCUT2D eigenvalue weighted by molar-refractivity contribution is -0.115. The van der Waals surface area contributed by atoms with Crippen LogP contribution in [0.25, 0.3) is 6.08 Å². The summed E-state index contributed by atoms with van der Waals surface area (Å²) in [6.45, 7) is 0. The van der Waals surface area contributed by atoms with Gasteiger partial charge < -0.3 is 19.5 Å². The quantitative estimate of drug-likeness (QED) is 0.754. The van der Waals surface area contributed by atoms with Crippen molar-refractivity contribution >= 4 is 46.2 Å². The van der Waals surface area contributed by atoms with Crippen LogP contribution in [-0.2, 0) is 4.79 Å². The van der Waals surface area contributed by atoms with Crippen LogP contribution in [0.4, 0.5) is 5.69 Å². The summed E-state index contributed by atoms with van der Waals surface area (Å²) in [6, 6.07) is 10.5. The fourth-order valence-corrected chi connectivity index (χ4v) is 3.38. The van der Waals surface area contributed by atoms with E-state index in [0.29, 0.717) is 43.6 Å². The van der Waals surface area contributed by atoms with Crippen molar-refractivity contribution in [1.29, 1.82) is 0 Å². The lowest BCUT2D eigenvalue weighted by Gasteiger charge is -2.12. The minimum absolute atomic E-state index is 0.232.